The summed E-state index contributed by atoms with van der Waals surface area (Å²) in [5.74, 6) is 0.821. The molecule has 0 bridgehead atoms. The van der Waals surface area contributed by atoms with Crippen molar-refractivity contribution in [1.82, 2.24) is 24.0 Å². The maximum Gasteiger partial charge on any atom is 0.328 e. The molecule has 0 N–H and O–H groups in total. The molecule has 0 unspecified atom stereocenters. The predicted octanol–water partition coefficient (Wildman–Crippen LogP) is 5.07. The fraction of sp³-hybridized carbons (Fsp3) is 0.214. The van der Waals surface area contributed by atoms with Crippen LogP contribution in [-0.2, 0) is 13.0 Å². The third-order valence-electron chi connectivity index (χ3n) is 6.43. The number of pyridine rings is 1. The van der Waals surface area contributed by atoms with E-state index >= 15 is 0 Å². The van der Waals surface area contributed by atoms with Crippen LogP contribution in [0.4, 0.5) is 4.79 Å². The fourth-order valence-electron chi connectivity index (χ4n) is 4.60. The van der Waals surface area contributed by atoms with Crippen molar-refractivity contribution in [3.05, 3.63) is 95.2 Å². The molecule has 0 aliphatic heterocycles. The van der Waals surface area contributed by atoms with E-state index in [9.17, 15) is 9.59 Å². The summed E-state index contributed by atoms with van der Waals surface area (Å²) in [6.45, 7) is 4.69. The Kier molecular flexibility index (Phi) is 5.68. The fourth-order valence-corrected chi connectivity index (χ4v) is 4.60. The summed E-state index contributed by atoms with van der Waals surface area (Å²) in [5, 5.41) is 0.841. The lowest BCUT2D eigenvalue weighted by Crippen LogP contribution is -2.26. The number of nitrogens with zero attached hydrogens (tertiary/aromatic N) is 5. The normalized spacial score (nSPS) is 11.3. The van der Waals surface area contributed by atoms with E-state index < -0.39 is 0 Å². The van der Waals surface area contributed by atoms with E-state index in [1.54, 1.807) is 37.3 Å². The van der Waals surface area contributed by atoms with Crippen LogP contribution in [0, 0.1) is 6.92 Å². The van der Waals surface area contributed by atoms with Gasteiger partial charge in [0.05, 0.1) is 17.2 Å². The number of imidazole rings is 1. The van der Waals surface area contributed by atoms with Gasteiger partial charge in [0.1, 0.15) is 11.3 Å². The molecule has 5 rings (SSSR count). The third-order valence-corrected chi connectivity index (χ3v) is 6.43. The van der Waals surface area contributed by atoms with Crippen molar-refractivity contribution in [3.63, 3.8) is 0 Å². The Morgan fingerprint density at radius 1 is 1.00 bits per heavy atom. The Hall–Kier alpha value is -4.26. The van der Waals surface area contributed by atoms with E-state index in [0.29, 0.717) is 17.7 Å². The number of aromatic nitrogens is 4. The number of rotatable bonds is 5. The second-order valence-electron chi connectivity index (χ2n) is 8.89. The molecule has 3 heterocycles. The Morgan fingerprint density at radius 3 is 2.49 bits per heavy atom. The highest BCUT2D eigenvalue weighted by atomic mass is 16.2. The van der Waals surface area contributed by atoms with Crippen molar-refractivity contribution in [1.29, 1.82) is 0 Å². The summed E-state index contributed by atoms with van der Waals surface area (Å²) >= 11 is 0. The molecule has 0 radical (unpaired) electrons. The average molecular weight is 466 g/mol. The quantitative estimate of drug-likeness (QED) is 0.340. The molecule has 0 atom stereocenters. The van der Waals surface area contributed by atoms with E-state index in [1.807, 2.05) is 55.5 Å². The Bertz CT molecular complexity index is 1570. The summed E-state index contributed by atoms with van der Waals surface area (Å²) < 4.78 is 3.71. The Morgan fingerprint density at radius 2 is 1.77 bits per heavy atom. The second kappa shape index (κ2) is 8.83. The van der Waals surface area contributed by atoms with Crippen molar-refractivity contribution >= 4 is 33.8 Å². The van der Waals surface area contributed by atoms with E-state index in [4.69, 9.17) is 0 Å². The zero-order chi connectivity index (χ0) is 24.7. The number of aryl methyl sites for hydroxylation is 2. The molecule has 0 saturated heterocycles. The van der Waals surface area contributed by atoms with Gasteiger partial charge >= 0.3 is 6.03 Å². The van der Waals surface area contributed by atoms with Gasteiger partial charge in [-0.1, -0.05) is 43.3 Å². The zero-order valence-electron chi connectivity index (χ0n) is 20.3. The minimum absolute atomic E-state index is 0.0944. The van der Waals surface area contributed by atoms with Crippen molar-refractivity contribution in [2.24, 2.45) is 0 Å². The number of amides is 1. The van der Waals surface area contributed by atoms with Gasteiger partial charge < -0.3 is 9.47 Å². The molecule has 7 heteroatoms. The SMILES string of the molecule is CCc1cccc2c1c(C(=O)c1ccc(Cn3c(C)nc4cnccc43)cc1)cn2C(=O)N(C)C. The van der Waals surface area contributed by atoms with Crippen molar-refractivity contribution < 1.29 is 9.59 Å². The molecule has 2 aromatic carbocycles. The molecule has 0 fully saturated rings. The standard InChI is InChI=1S/C28H27N5O2/c1-5-20-7-6-8-25-26(20)22(17-33(25)28(35)31(3)4)27(34)21-11-9-19(10-12-21)16-32-18(2)30-23-15-29-14-13-24(23)32/h6-15,17H,5,16H2,1-4H3. The van der Waals surface area contributed by atoms with Crippen molar-refractivity contribution in [2.45, 2.75) is 26.8 Å². The third kappa shape index (κ3) is 3.89. The lowest BCUT2D eigenvalue weighted by Gasteiger charge is -2.11. The molecule has 0 spiro atoms. The summed E-state index contributed by atoms with van der Waals surface area (Å²) in [5.41, 5.74) is 5.90. The smallest absolute Gasteiger partial charge is 0.328 e. The summed E-state index contributed by atoms with van der Waals surface area (Å²) in [6, 6.07) is 15.3. The largest absolute Gasteiger partial charge is 0.330 e. The molecular formula is C28H27N5O2. The summed E-state index contributed by atoms with van der Waals surface area (Å²) in [6.07, 6.45) is 5.98. The molecule has 0 saturated carbocycles. The molecule has 7 nitrogen and oxygen atoms in total. The van der Waals surface area contributed by atoms with Crippen LogP contribution in [0.2, 0.25) is 0 Å². The van der Waals surface area contributed by atoms with Gasteiger partial charge in [0.2, 0.25) is 0 Å². The van der Waals surface area contributed by atoms with Gasteiger partial charge in [-0.3, -0.25) is 14.3 Å². The van der Waals surface area contributed by atoms with Gasteiger partial charge in [-0.25, -0.2) is 9.78 Å². The molecule has 3 aromatic heterocycles. The number of carbonyl (C=O) groups excluding carboxylic acids is 2. The van der Waals surface area contributed by atoms with Crippen LogP contribution < -0.4 is 0 Å². The number of benzene rings is 2. The Balaban J connectivity index is 1.51. The number of hydrogen-bond donors (Lipinski definition) is 0. The first kappa shape index (κ1) is 22.5. The highest BCUT2D eigenvalue weighted by Gasteiger charge is 2.22. The van der Waals surface area contributed by atoms with Crippen LogP contribution in [-0.4, -0.2) is 49.9 Å². The molecule has 5 aromatic rings. The molecule has 0 aliphatic rings. The minimum Gasteiger partial charge on any atom is -0.330 e. The highest BCUT2D eigenvalue weighted by molar-refractivity contribution is 6.18. The highest BCUT2D eigenvalue weighted by Crippen LogP contribution is 2.28. The molecule has 1 amide bonds. The monoisotopic (exact) mass is 465 g/mol. The topological polar surface area (TPSA) is 73.0 Å². The first-order valence-electron chi connectivity index (χ1n) is 11.6. The van der Waals surface area contributed by atoms with Crippen LogP contribution in [0.25, 0.3) is 21.9 Å². The van der Waals surface area contributed by atoms with Crippen LogP contribution in [0.5, 0.6) is 0 Å². The van der Waals surface area contributed by atoms with Gasteiger partial charge in [-0.2, -0.15) is 0 Å². The first-order valence-corrected chi connectivity index (χ1v) is 11.6. The zero-order valence-corrected chi connectivity index (χ0v) is 20.3. The second-order valence-corrected chi connectivity index (χ2v) is 8.89. The first-order chi connectivity index (χ1) is 16.9. The lowest BCUT2D eigenvalue weighted by molar-refractivity contribution is 0.104. The molecule has 176 valence electrons. The van der Waals surface area contributed by atoms with Crippen LogP contribution in [0.3, 0.4) is 0 Å². The predicted molar refractivity (Wildman–Crippen MR) is 137 cm³/mol. The maximum absolute atomic E-state index is 13.6. The van der Waals surface area contributed by atoms with Crippen molar-refractivity contribution in [3.8, 4) is 0 Å². The van der Waals surface area contributed by atoms with Gasteiger partial charge in [0.15, 0.2) is 5.78 Å². The lowest BCUT2D eigenvalue weighted by atomic mass is 9.98. The van der Waals surface area contributed by atoms with E-state index in [0.717, 1.165) is 45.3 Å². The van der Waals surface area contributed by atoms with Gasteiger partial charge in [0.25, 0.3) is 0 Å². The van der Waals surface area contributed by atoms with E-state index in [-0.39, 0.29) is 11.8 Å². The molecule has 0 aliphatic carbocycles. The summed E-state index contributed by atoms with van der Waals surface area (Å²) in [7, 11) is 3.42. The molecule has 35 heavy (non-hydrogen) atoms. The maximum atomic E-state index is 13.6. The minimum atomic E-state index is -0.184. The molecular weight excluding hydrogens is 438 g/mol. The number of fused-ring (bicyclic) bond motifs is 2. The van der Waals surface area contributed by atoms with Gasteiger partial charge in [-0.15, -0.1) is 0 Å². The average Bonchev–Trinajstić information content (AvgIpc) is 3.41. The number of ketones is 1. The van der Waals surface area contributed by atoms with Crippen LogP contribution in [0.1, 0.15) is 39.8 Å². The number of hydrogen-bond acceptors (Lipinski definition) is 4. The van der Waals surface area contributed by atoms with Crippen LogP contribution in [0.15, 0.2) is 67.1 Å². The van der Waals surface area contributed by atoms with Gasteiger partial charge in [0, 0.05) is 49.5 Å². The van der Waals surface area contributed by atoms with Crippen LogP contribution >= 0.6 is 0 Å². The summed E-state index contributed by atoms with van der Waals surface area (Å²) in [4.78, 5) is 36.7. The van der Waals surface area contributed by atoms with Crippen molar-refractivity contribution in [2.75, 3.05) is 14.1 Å². The van der Waals surface area contributed by atoms with Gasteiger partial charge in [-0.05, 0) is 36.6 Å². The van der Waals surface area contributed by atoms with E-state index in [2.05, 4.69) is 21.5 Å². The van der Waals surface area contributed by atoms with E-state index in [1.165, 1.54) is 4.90 Å². The number of carbonyl (C=O) groups is 2. The Labute approximate surface area is 203 Å².